The van der Waals surface area contributed by atoms with Gasteiger partial charge in [-0.2, -0.15) is 0 Å². The summed E-state index contributed by atoms with van der Waals surface area (Å²) in [5, 5.41) is 10.3. The lowest BCUT2D eigenvalue weighted by molar-refractivity contribution is -0.370. The highest BCUT2D eigenvalue weighted by atomic mass is 16.4. The third-order valence-electron chi connectivity index (χ3n) is 2.27. The predicted octanol–water partition coefficient (Wildman–Crippen LogP) is -0.571. The number of anilines is 1. The molecule has 6 heteroatoms. The van der Waals surface area contributed by atoms with Crippen LogP contribution in [-0.4, -0.2) is 17.7 Å². The van der Waals surface area contributed by atoms with Gasteiger partial charge in [-0.05, 0) is 13.0 Å². The first kappa shape index (κ1) is 17.3. The fourth-order valence-corrected chi connectivity index (χ4v) is 1.39. The number of carboxylic acids is 1. The Bertz CT molecular complexity index is 568. The van der Waals surface area contributed by atoms with E-state index in [9.17, 15) is 14.7 Å². The van der Waals surface area contributed by atoms with Crippen LogP contribution in [0.15, 0.2) is 42.5 Å². The molecule has 0 aliphatic carbocycles. The molecule has 1 aromatic carbocycles. The molecule has 0 radical (unpaired) electrons. The van der Waals surface area contributed by atoms with Crippen molar-refractivity contribution in [2.45, 2.75) is 6.92 Å². The standard InChI is InChI=1S/C8H6O3.C6H8N2.H2O/c9-5-6-3-1-2-4-7(6)8(10)11;1-5-3-2-4-6(7)8-5;/h1-5H,(H,10,11);2-4H,1H3,(H2,7,8);1H2. The van der Waals surface area contributed by atoms with Crippen LogP contribution in [0.25, 0.3) is 0 Å². The van der Waals surface area contributed by atoms with Crippen molar-refractivity contribution < 1.29 is 25.2 Å². The van der Waals surface area contributed by atoms with Gasteiger partial charge in [0.15, 0.2) is 6.29 Å². The van der Waals surface area contributed by atoms with Crippen LogP contribution in [0.2, 0.25) is 0 Å². The number of aromatic carboxylic acids is 1. The molecule has 20 heavy (non-hydrogen) atoms. The van der Waals surface area contributed by atoms with Gasteiger partial charge >= 0.3 is 0 Å². The molecule has 0 spiro atoms. The molecule has 0 aliphatic rings. The first-order chi connectivity index (χ1) is 9.04. The zero-order valence-corrected chi connectivity index (χ0v) is 10.9. The Morgan fingerprint density at radius 3 is 2.25 bits per heavy atom. The molecule has 0 aliphatic heterocycles. The number of carbonyl (C=O) groups is 2. The summed E-state index contributed by atoms with van der Waals surface area (Å²) in [6.07, 6.45) is 0.491. The van der Waals surface area contributed by atoms with Crippen LogP contribution in [0, 0.1) is 6.92 Å². The molecule has 106 valence electrons. The summed E-state index contributed by atoms with van der Waals surface area (Å²) in [5.74, 6) is -0.613. The summed E-state index contributed by atoms with van der Waals surface area (Å²) in [7, 11) is 0. The van der Waals surface area contributed by atoms with E-state index >= 15 is 0 Å². The Labute approximate surface area is 116 Å². The Morgan fingerprint density at radius 2 is 1.85 bits per heavy atom. The molecule has 0 bridgehead atoms. The number of nitrogen functional groups attached to an aromatic ring is 1. The summed E-state index contributed by atoms with van der Waals surface area (Å²) in [5.41, 5.74) is 6.57. The fraction of sp³-hybridized carbons (Fsp3) is 0.0714. The second-order valence-electron chi connectivity index (χ2n) is 3.78. The number of rotatable bonds is 2. The van der Waals surface area contributed by atoms with E-state index in [1.165, 1.54) is 18.2 Å². The van der Waals surface area contributed by atoms with E-state index < -0.39 is 5.97 Å². The van der Waals surface area contributed by atoms with Crippen LogP contribution < -0.4 is 15.8 Å². The van der Waals surface area contributed by atoms with Crippen molar-refractivity contribution in [1.29, 1.82) is 0 Å². The number of hydrogen-bond donors (Lipinski definition) is 1. The van der Waals surface area contributed by atoms with Gasteiger partial charge in [-0.25, -0.2) is 4.98 Å². The van der Waals surface area contributed by atoms with Crippen LogP contribution in [0.4, 0.5) is 5.82 Å². The van der Waals surface area contributed by atoms with Crippen LogP contribution in [0.5, 0.6) is 0 Å². The van der Waals surface area contributed by atoms with Crippen molar-refractivity contribution >= 4 is 18.1 Å². The minimum absolute atomic E-state index is 0. The van der Waals surface area contributed by atoms with E-state index in [0.717, 1.165) is 5.69 Å². The number of benzene rings is 1. The Morgan fingerprint density at radius 1 is 1.20 bits per heavy atom. The lowest BCUT2D eigenvalue weighted by Gasteiger charge is -2.03. The number of carbonyl (C=O) groups excluding carboxylic acids is 2. The highest BCUT2D eigenvalue weighted by Crippen LogP contribution is 2.03. The smallest absolute Gasteiger partial charge is 0.270 e. The Kier molecular flexibility index (Phi) is 7.24. The maximum atomic E-state index is 10.3. The highest BCUT2D eigenvalue weighted by molar-refractivity contribution is 5.95. The molecular weight excluding hydrogens is 260 g/mol. The summed E-state index contributed by atoms with van der Waals surface area (Å²) >= 11 is 0. The maximum absolute atomic E-state index is 10.3. The topological polar surface area (TPSA) is 129 Å². The zero-order valence-electron chi connectivity index (χ0n) is 10.9. The lowest BCUT2D eigenvalue weighted by atomic mass is 10.1. The van der Waals surface area contributed by atoms with E-state index in [4.69, 9.17) is 5.73 Å². The molecule has 2 rings (SSSR count). The molecule has 2 aromatic rings. The third kappa shape index (κ3) is 5.28. The summed E-state index contributed by atoms with van der Waals surface area (Å²) in [6, 6.07) is 11.6. The minimum Gasteiger partial charge on any atom is -0.545 e. The molecule has 1 aromatic heterocycles. The van der Waals surface area contributed by atoms with Gasteiger partial charge in [0, 0.05) is 17.2 Å². The summed E-state index contributed by atoms with van der Waals surface area (Å²) < 4.78 is 0. The average Bonchev–Trinajstić information content (AvgIpc) is 2.39. The van der Waals surface area contributed by atoms with Gasteiger partial charge in [-0.3, -0.25) is 10.5 Å². The van der Waals surface area contributed by atoms with Gasteiger partial charge in [0.1, 0.15) is 0 Å². The maximum Gasteiger partial charge on any atom is 0.270 e. The molecule has 6 nitrogen and oxygen atoms in total. The van der Waals surface area contributed by atoms with Crippen molar-refractivity contribution in [3.63, 3.8) is 0 Å². The number of H-pyrrole nitrogens is 1. The number of aldehydes is 1. The first-order valence-corrected chi connectivity index (χ1v) is 5.54. The lowest BCUT2D eigenvalue weighted by Crippen LogP contribution is -2.23. The number of nitrogens with one attached hydrogen (secondary N) is 1. The van der Waals surface area contributed by atoms with E-state index in [2.05, 4.69) is 4.98 Å². The third-order valence-corrected chi connectivity index (χ3v) is 2.27. The van der Waals surface area contributed by atoms with Crippen LogP contribution in [0.1, 0.15) is 26.4 Å². The van der Waals surface area contributed by atoms with E-state index in [1.54, 1.807) is 6.07 Å². The van der Waals surface area contributed by atoms with Gasteiger partial charge in [-0.15, -0.1) is 0 Å². The molecule has 0 unspecified atom stereocenters. The van der Waals surface area contributed by atoms with Gasteiger partial charge in [0.05, 0.1) is 11.7 Å². The van der Waals surface area contributed by atoms with Crippen molar-refractivity contribution in [1.82, 2.24) is 0 Å². The van der Waals surface area contributed by atoms with Gasteiger partial charge in [-0.1, -0.05) is 30.3 Å². The molecule has 0 fully saturated rings. The average molecular weight is 276 g/mol. The SMILES string of the molecule is Cc1cccc(N)[nH+]1.O.O=Cc1ccccc1C(=O)[O-]. The minimum atomic E-state index is -1.33. The zero-order chi connectivity index (χ0) is 14.3. The molecule has 0 atom stereocenters. The van der Waals surface area contributed by atoms with E-state index in [1.807, 2.05) is 25.1 Å². The fourth-order valence-electron chi connectivity index (χ4n) is 1.39. The largest absolute Gasteiger partial charge is 0.545 e. The van der Waals surface area contributed by atoms with Crippen molar-refractivity contribution in [2.24, 2.45) is 0 Å². The normalized spacial score (nSPS) is 8.65. The number of hydrogen-bond acceptors (Lipinski definition) is 4. The van der Waals surface area contributed by atoms with Crippen LogP contribution in [-0.2, 0) is 0 Å². The number of nitrogens with two attached hydrogens (primary N) is 1. The molecule has 5 N–H and O–H groups in total. The van der Waals surface area contributed by atoms with Crippen molar-refractivity contribution in [2.75, 3.05) is 5.73 Å². The van der Waals surface area contributed by atoms with Gasteiger partial charge in [0.2, 0.25) is 0 Å². The molecule has 0 amide bonds. The van der Waals surface area contributed by atoms with Gasteiger partial charge in [0.25, 0.3) is 5.82 Å². The number of carboxylic acid groups (broad SMARTS) is 1. The first-order valence-electron chi connectivity index (χ1n) is 5.54. The molecule has 1 heterocycles. The summed E-state index contributed by atoms with van der Waals surface area (Å²) in [6.45, 7) is 1.97. The highest BCUT2D eigenvalue weighted by Gasteiger charge is 1.98. The summed E-state index contributed by atoms with van der Waals surface area (Å²) in [4.78, 5) is 23.5. The Balaban J connectivity index is 0.000000359. The number of aryl methyl sites for hydroxylation is 1. The van der Waals surface area contributed by atoms with Crippen LogP contribution in [0.3, 0.4) is 0 Å². The molecule has 0 saturated heterocycles. The number of pyridine rings is 1. The number of aromatic nitrogens is 1. The predicted molar refractivity (Wildman–Crippen MR) is 71.9 cm³/mol. The Hall–Kier alpha value is -2.73. The van der Waals surface area contributed by atoms with E-state index in [-0.39, 0.29) is 16.6 Å². The molecular formula is C14H16N2O4. The van der Waals surface area contributed by atoms with Gasteiger partial charge < -0.3 is 15.4 Å². The number of aromatic amines is 1. The van der Waals surface area contributed by atoms with Crippen molar-refractivity contribution in [3.8, 4) is 0 Å². The van der Waals surface area contributed by atoms with Crippen LogP contribution >= 0.6 is 0 Å². The van der Waals surface area contributed by atoms with E-state index in [0.29, 0.717) is 12.1 Å². The monoisotopic (exact) mass is 276 g/mol. The second-order valence-corrected chi connectivity index (χ2v) is 3.78. The molecule has 0 saturated carbocycles. The van der Waals surface area contributed by atoms with Crippen molar-refractivity contribution in [3.05, 3.63) is 59.3 Å². The quantitative estimate of drug-likeness (QED) is 0.736. The second kappa shape index (κ2) is 8.39.